The Bertz CT molecular complexity index is 267. The molecule has 0 saturated carbocycles. The molecule has 0 aromatic carbocycles. The van der Waals surface area contributed by atoms with Gasteiger partial charge in [-0.25, -0.2) is 4.98 Å². The first-order valence-corrected chi connectivity index (χ1v) is 4.91. The van der Waals surface area contributed by atoms with E-state index in [1.165, 1.54) is 0 Å². The predicted octanol–water partition coefficient (Wildman–Crippen LogP) is 2.67. The minimum absolute atomic E-state index is 0.200. The summed E-state index contributed by atoms with van der Waals surface area (Å²) in [6.07, 6.45) is 1.82. The first-order chi connectivity index (χ1) is 6.08. The SMILES string of the molecule is C[C@@H](N)CCc1cc(Cl)nc(Cl)c1. The summed E-state index contributed by atoms with van der Waals surface area (Å²) in [6, 6.07) is 3.83. The van der Waals surface area contributed by atoms with Gasteiger partial charge < -0.3 is 5.73 Å². The maximum atomic E-state index is 5.74. The molecule has 0 aliphatic heterocycles. The number of aryl methyl sites for hydroxylation is 1. The van der Waals surface area contributed by atoms with Crippen molar-refractivity contribution in [3.63, 3.8) is 0 Å². The Balaban J connectivity index is 2.66. The normalized spacial score (nSPS) is 12.9. The second kappa shape index (κ2) is 4.80. The summed E-state index contributed by atoms with van der Waals surface area (Å²) in [6.45, 7) is 1.98. The number of hydrogen-bond acceptors (Lipinski definition) is 2. The van der Waals surface area contributed by atoms with E-state index >= 15 is 0 Å². The number of aromatic nitrogens is 1. The molecule has 0 spiro atoms. The van der Waals surface area contributed by atoms with Crippen molar-refractivity contribution < 1.29 is 0 Å². The average molecular weight is 219 g/mol. The number of halogens is 2. The van der Waals surface area contributed by atoms with E-state index in [1.807, 2.05) is 19.1 Å². The van der Waals surface area contributed by atoms with Crippen molar-refractivity contribution in [2.75, 3.05) is 0 Å². The summed E-state index contributed by atoms with van der Waals surface area (Å²) >= 11 is 11.5. The number of nitrogens with two attached hydrogens (primary N) is 1. The van der Waals surface area contributed by atoms with Crippen molar-refractivity contribution in [2.24, 2.45) is 5.73 Å². The van der Waals surface area contributed by atoms with Gasteiger partial charge in [-0.15, -0.1) is 0 Å². The van der Waals surface area contributed by atoms with Crippen LogP contribution in [0, 0.1) is 0 Å². The van der Waals surface area contributed by atoms with Crippen LogP contribution in [0.4, 0.5) is 0 Å². The number of pyridine rings is 1. The van der Waals surface area contributed by atoms with E-state index in [2.05, 4.69) is 4.98 Å². The first kappa shape index (κ1) is 10.8. The Morgan fingerprint density at radius 1 is 1.38 bits per heavy atom. The van der Waals surface area contributed by atoms with E-state index < -0.39 is 0 Å². The van der Waals surface area contributed by atoms with E-state index in [4.69, 9.17) is 28.9 Å². The molecule has 2 N–H and O–H groups in total. The lowest BCUT2D eigenvalue weighted by molar-refractivity contribution is 0.666. The van der Waals surface area contributed by atoms with Gasteiger partial charge in [0.1, 0.15) is 10.3 Å². The predicted molar refractivity (Wildman–Crippen MR) is 56.2 cm³/mol. The monoisotopic (exact) mass is 218 g/mol. The quantitative estimate of drug-likeness (QED) is 0.793. The summed E-state index contributed by atoms with van der Waals surface area (Å²) in [5.41, 5.74) is 6.72. The van der Waals surface area contributed by atoms with Crippen LogP contribution in [0.15, 0.2) is 12.1 Å². The van der Waals surface area contributed by atoms with Gasteiger partial charge in [0, 0.05) is 6.04 Å². The fourth-order valence-corrected chi connectivity index (χ4v) is 1.56. The zero-order valence-electron chi connectivity index (χ0n) is 7.43. The van der Waals surface area contributed by atoms with Crippen LogP contribution in [-0.4, -0.2) is 11.0 Å². The molecule has 0 amide bonds. The molecule has 1 aromatic heterocycles. The summed E-state index contributed by atoms with van der Waals surface area (Å²) in [5, 5.41) is 0.874. The maximum absolute atomic E-state index is 5.74. The van der Waals surface area contributed by atoms with Gasteiger partial charge in [-0.2, -0.15) is 0 Å². The Labute approximate surface area is 88.1 Å². The van der Waals surface area contributed by atoms with Crippen molar-refractivity contribution in [3.05, 3.63) is 28.0 Å². The molecule has 1 atom stereocenters. The van der Waals surface area contributed by atoms with Gasteiger partial charge in [0.15, 0.2) is 0 Å². The molecule has 1 aromatic rings. The molecule has 0 bridgehead atoms. The smallest absolute Gasteiger partial charge is 0.131 e. The van der Waals surface area contributed by atoms with Gasteiger partial charge in [0.25, 0.3) is 0 Å². The van der Waals surface area contributed by atoms with Gasteiger partial charge in [0.2, 0.25) is 0 Å². The number of rotatable bonds is 3. The zero-order valence-corrected chi connectivity index (χ0v) is 8.94. The highest BCUT2D eigenvalue weighted by Gasteiger charge is 2.01. The molecular weight excluding hydrogens is 207 g/mol. The molecule has 0 aliphatic rings. The molecule has 4 heteroatoms. The van der Waals surface area contributed by atoms with E-state index in [0.717, 1.165) is 18.4 Å². The van der Waals surface area contributed by atoms with Crippen molar-refractivity contribution in [1.29, 1.82) is 0 Å². The van der Waals surface area contributed by atoms with Gasteiger partial charge >= 0.3 is 0 Å². The second-order valence-corrected chi connectivity index (χ2v) is 3.91. The van der Waals surface area contributed by atoms with E-state index in [-0.39, 0.29) is 6.04 Å². The Hall–Kier alpha value is -0.310. The standard InChI is InChI=1S/C9H12Cl2N2/c1-6(12)2-3-7-4-8(10)13-9(11)5-7/h4-6H,2-3,12H2,1H3/t6-/m1/s1. The summed E-state index contributed by atoms with van der Waals surface area (Å²) in [5.74, 6) is 0. The van der Waals surface area contributed by atoms with E-state index in [1.54, 1.807) is 0 Å². The summed E-state index contributed by atoms with van der Waals surface area (Å²) in [7, 11) is 0. The second-order valence-electron chi connectivity index (χ2n) is 3.14. The van der Waals surface area contributed by atoms with Crippen LogP contribution < -0.4 is 5.73 Å². The number of hydrogen-bond donors (Lipinski definition) is 1. The molecule has 0 saturated heterocycles. The highest BCUT2D eigenvalue weighted by molar-refractivity contribution is 6.32. The van der Waals surface area contributed by atoms with Crippen molar-refractivity contribution >= 4 is 23.2 Å². The highest BCUT2D eigenvalue weighted by Crippen LogP contribution is 2.16. The van der Waals surface area contributed by atoms with Crippen molar-refractivity contribution in [1.82, 2.24) is 4.98 Å². The molecule has 2 nitrogen and oxygen atoms in total. The molecule has 72 valence electrons. The van der Waals surface area contributed by atoms with Crippen LogP contribution >= 0.6 is 23.2 Å². The Kier molecular flexibility index (Phi) is 3.97. The van der Waals surface area contributed by atoms with Crippen LogP contribution in [-0.2, 0) is 6.42 Å². The highest BCUT2D eigenvalue weighted by atomic mass is 35.5. The minimum Gasteiger partial charge on any atom is -0.328 e. The third-order valence-corrected chi connectivity index (χ3v) is 2.10. The molecule has 0 radical (unpaired) electrons. The summed E-state index contributed by atoms with van der Waals surface area (Å²) in [4.78, 5) is 3.86. The van der Waals surface area contributed by atoms with Crippen LogP contribution in [0.1, 0.15) is 18.9 Å². The minimum atomic E-state index is 0.200. The van der Waals surface area contributed by atoms with E-state index in [9.17, 15) is 0 Å². The van der Waals surface area contributed by atoms with Crippen LogP contribution in [0.5, 0.6) is 0 Å². The Morgan fingerprint density at radius 2 is 1.92 bits per heavy atom. The molecule has 13 heavy (non-hydrogen) atoms. The largest absolute Gasteiger partial charge is 0.328 e. The van der Waals surface area contributed by atoms with Crippen molar-refractivity contribution in [3.8, 4) is 0 Å². The molecule has 1 heterocycles. The van der Waals surface area contributed by atoms with Crippen LogP contribution in [0.2, 0.25) is 10.3 Å². The molecule has 0 aliphatic carbocycles. The fourth-order valence-electron chi connectivity index (χ4n) is 1.05. The molecular formula is C9H12Cl2N2. The van der Waals surface area contributed by atoms with E-state index in [0.29, 0.717) is 10.3 Å². The van der Waals surface area contributed by atoms with Gasteiger partial charge in [-0.05, 0) is 37.5 Å². The molecule has 0 unspecified atom stereocenters. The van der Waals surface area contributed by atoms with Gasteiger partial charge in [-0.3, -0.25) is 0 Å². The molecule has 0 fully saturated rings. The summed E-state index contributed by atoms with van der Waals surface area (Å²) < 4.78 is 0. The Morgan fingerprint density at radius 3 is 2.38 bits per heavy atom. The number of nitrogens with zero attached hydrogens (tertiary/aromatic N) is 1. The third kappa shape index (κ3) is 3.94. The van der Waals surface area contributed by atoms with Gasteiger partial charge in [0.05, 0.1) is 0 Å². The fraction of sp³-hybridized carbons (Fsp3) is 0.444. The maximum Gasteiger partial charge on any atom is 0.131 e. The first-order valence-electron chi connectivity index (χ1n) is 4.15. The zero-order chi connectivity index (χ0) is 9.84. The lowest BCUT2D eigenvalue weighted by Crippen LogP contribution is -2.15. The van der Waals surface area contributed by atoms with Crippen LogP contribution in [0.25, 0.3) is 0 Å². The van der Waals surface area contributed by atoms with Crippen LogP contribution in [0.3, 0.4) is 0 Å². The average Bonchev–Trinajstić information content (AvgIpc) is 1.99. The van der Waals surface area contributed by atoms with Gasteiger partial charge in [-0.1, -0.05) is 23.2 Å². The lowest BCUT2D eigenvalue weighted by atomic mass is 10.1. The van der Waals surface area contributed by atoms with Crippen molar-refractivity contribution in [2.45, 2.75) is 25.8 Å². The lowest BCUT2D eigenvalue weighted by Gasteiger charge is -2.05. The molecule has 1 rings (SSSR count). The topological polar surface area (TPSA) is 38.9 Å². The third-order valence-electron chi connectivity index (χ3n) is 1.71.